The van der Waals surface area contributed by atoms with Crippen LogP contribution in [0.5, 0.6) is 5.75 Å². The van der Waals surface area contributed by atoms with Crippen LogP contribution in [0.1, 0.15) is 30.3 Å². The van der Waals surface area contributed by atoms with Crippen molar-refractivity contribution in [2.45, 2.75) is 25.1 Å². The van der Waals surface area contributed by atoms with Crippen LogP contribution in [0.2, 0.25) is 0 Å². The van der Waals surface area contributed by atoms with Crippen molar-refractivity contribution >= 4 is 39.6 Å². The first kappa shape index (κ1) is 22.4. The molecule has 3 aromatic rings. The summed E-state index contributed by atoms with van der Waals surface area (Å²) in [7, 11) is 1.48. The predicted molar refractivity (Wildman–Crippen MR) is 118 cm³/mol. The highest BCUT2D eigenvalue weighted by Crippen LogP contribution is 2.37. The molecule has 0 bridgehead atoms. The van der Waals surface area contributed by atoms with Gasteiger partial charge in [-0.2, -0.15) is 13.2 Å². The summed E-state index contributed by atoms with van der Waals surface area (Å²) in [6.07, 6.45) is -5.11. The van der Waals surface area contributed by atoms with Crippen LogP contribution in [0.4, 0.5) is 18.0 Å². The zero-order chi connectivity index (χ0) is 23.2. The van der Waals surface area contributed by atoms with Gasteiger partial charge in [0.15, 0.2) is 0 Å². The Hall–Kier alpha value is -2.83. The van der Waals surface area contributed by atoms with Gasteiger partial charge in [-0.05, 0) is 71.8 Å². The van der Waals surface area contributed by atoms with Gasteiger partial charge in [0.1, 0.15) is 11.6 Å². The van der Waals surface area contributed by atoms with Gasteiger partial charge in [0.25, 0.3) is 5.56 Å². The summed E-state index contributed by atoms with van der Waals surface area (Å²) in [6.45, 7) is 0.204. The van der Waals surface area contributed by atoms with E-state index in [9.17, 15) is 27.9 Å². The molecule has 4 rings (SSSR count). The molecule has 0 radical (unpaired) electrons. The molecule has 1 aliphatic heterocycles. The number of aromatic nitrogens is 2. The van der Waals surface area contributed by atoms with Crippen molar-refractivity contribution in [2.75, 3.05) is 13.7 Å². The normalized spacial score (nSPS) is 16.5. The smallest absolute Gasteiger partial charge is 0.418 e. The topological polar surface area (TPSA) is 84.7 Å². The largest absolute Gasteiger partial charge is 0.497 e. The highest BCUT2D eigenvalue weighted by Gasteiger charge is 2.37. The van der Waals surface area contributed by atoms with Crippen LogP contribution in [0.3, 0.4) is 0 Å². The van der Waals surface area contributed by atoms with Gasteiger partial charge in [-0.15, -0.1) is 0 Å². The fourth-order valence-corrected chi connectivity index (χ4v) is 4.58. The molecule has 0 unspecified atom stereocenters. The van der Waals surface area contributed by atoms with Gasteiger partial charge in [-0.3, -0.25) is 14.3 Å². The number of carboxylic acid groups (broad SMARTS) is 1. The minimum atomic E-state index is -4.73. The van der Waals surface area contributed by atoms with Gasteiger partial charge in [-0.1, -0.05) is 0 Å². The van der Waals surface area contributed by atoms with Gasteiger partial charge in [0, 0.05) is 10.1 Å². The van der Waals surface area contributed by atoms with E-state index in [1.807, 2.05) is 0 Å². The van der Waals surface area contributed by atoms with Crippen LogP contribution in [0.25, 0.3) is 16.6 Å². The van der Waals surface area contributed by atoms with E-state index in [4.69, 9.17) is 4.74 Å². The number of hydrogen-bond donors (Lipinski definition) is 1. The summed E-state index contributed by atoms with van der Waals surface area (Å²) in [5, 5.41) is 9.40. The number of alkyl halides is 3. The Bertz CT molecular complexity index is 1260. The Kier molecular flexibility index (Phi) is 5.77. The predicted octanol–water partition coefficient (Wildman–Crippen LogP) is 4.83. The third kappa shape index (κ3) is 3.89. The van der Waals surface area contributed by atoms with E-state index in [-0.39, 0.29) is 21.3 Å². The van der Waals surface area contributed by atoms with Crippen molar-refractivity contribution in [1.29, 1.82) is 0 Å². The lowest BCUT2D eigenvalue weighted by molar-refractivity contribution is -0.136. The van der Waals surface area contributed by atoms with Crippen molar-refractivity contribution < 1.29 is 27.8 Å². The minimum absolute atomic E-state index is 0.0423. The first-order valence-corrected chi connectivity index (χ1v) is 10.7. The van der Waals surface area contributed by atoms with Crippen molar-refractivity contribution in [2.24, 2.45) is 0 Å². The second-order valence-electron chi connectivity index (χ2n) is 7.29. The molecule has 0 saturated carbocycles. The molecule has 0 aliphatic carbocycles. The highest BCUT2D eigenvalue weighted by molar-refractivity contribution is 14.1. The number of amides is 1. The molecule has 11 heteroatoms. The monoisotopic (exact) mass is 559 g/mol. The average molecular weight is 559 g/mol. The summed E-state index contributed by atoms with van der Waals surface area (Å²) in [5.74, 6) is 0.485. The second-order valence-corrected chi connectivity index (χ2v) is 8.54. The van der Waals surface area contributed by atoms with Crippen molar-refractivity contribution in [3.8, 4) is 11.4 Å². The molecule has 2 aromatic carbocycles. The fourth-order valence-electron chi connectivity index (χ4n) is 3.96. The molecule has 1 N–H and O–H groups in total. The number of likely N-dealkylation sites (tertiary alicyclic amines) is 1. The quantitative estimate of drug-likeness (QED) is 0.465. The molecule has 1 amide bonds. The molecule has 1 fully saturated rings. The van der Waals surface area contributed by atoms with Crippen molar-refractivity contribution in [3.05, 3.63) is 61.7 Å². The number of benzene rings is 2. The first-order valence-electron chi connectivity index (χ1n) is 9.59. The lowest BCUT2D eigenvalue weighted by atomic mass is 10.1. The fraction of sp³-hybridized carbons (Fsp3) is 0.286. The summed E-state index contributed by atoms with van der Waals surface area (Å²) < 4.78 is 47.9. The van der Waals surface area contributed by atoms with Gasteiger partial charge in [0.05, 0.1) is 35.3 Å². The maximum Gasteiger partial charge on any atom is 0.418 e. The molecule has 1 aromatic heterocycles. The van der Waals surface area contributed by atoms with Gasteiger partial charge >= 0.3 is 12.3 Å². The highest BCUT2D eigenvalue weighted by atomic mass is 127. The van der Waals surface area contributed by atoms with Gasteiger partial charge < -0.3 is 9.84 Å². The molecule has 32 heavy (non-hydrogen) atoms. The van der Waals surface area contributed by atoms with Crippen molar-refractivity contribution in [3.63, 3.8) is 0 Å². The number of rotatable bonds is 3. The average Bonchev–Trinajstić information content (AvgIpc) is 3.23. The van der Waals surface area contributed by atoms with E-state index in [0.29, 0.717) is 24.3 Å². The molecule has 168 valence electrons. The summed E-state index contributed by atoms with van der Waals surface area (Å²) in [4.78, 5) is 30.7. The number of hydrogen-bond acceptors (Lipinski definition) is 4. The van der Waals surface area contributed by atoms with Gasteiger partial charge in [0.2, 0.25) is 0 Å². The van der Waals surface area contributed by atoms with E-state index >= 15 is 0 Å². The Balaban J connectivity index is 2.09. The van der Waals surface area contributed by atoms with Gasteiger partial charge in [-0.25, -0.2) is 9.78 Å². The molecular formula is C21H17F3IN3O4. The molecular weight excluding hydrogens is 542 g/mol. The number of fused-ring (bicyclic) bond motifs is 1. The van der Waals surface area contributed by atoms with Crippen LogP contribution < -0.4 is 10.3 Å². The first-order chi connectivity index (χ1) is 15.1. The molecule has 1 aliphatic rings. The molecule has 2 heterocycles. The lowest BCUT2D eigenvalue weighted by Gasteiger charge is -2.25. The van der Waals surface area contributed by atoms with Crippen molar-refractivity contribution in [1.82, 2.24) is 14.5 Å². The third-order valence-corrected chi connectivity index (χ3v) is 6.02. The maximum absolute atomic E-state index is 13.8. The van der Waals surface area contributed by atoms with Crippen LogP contribution in [0, 0.1) is 3.57 Å². The zero-order valence-electron chi connectivity index (χ0n) is 16.7. The molecule has 0 spiro atoms. The Morgan fingerprint density at radius 3 is 2.53 bits per heavy atom. The summed E-state index contributed by atoms with van der Waals surface area (Å²) >= 11 is 1.73. The third-order valence-electron chi connectivity index (χ3n) is 5.40. The minimum Gasteiger partial charge on any atom is -0.497 e. The molecule has 1 atom stereocenters. The number of methoxy groups -OCH3 is 1. The van der Waals surface area contributed by atoms with E-state index in [1.54, 1.807) is 46.9 Å². The van der Waals surface area contributed by atoms with Crippen LogP contribution in [-0.2, 0) is 6.18 Å². The molecule has 1 saturated heterocycles. The summed E-state index contributed by atoms with van der Waals surface area (Å²) in [6, 6.07) is 7.80. The molecule has 7 nitrogen and oxygen atoms in total. The maximum atomic E-state index is 13.8. The number of halogens is 4. The standard InChI is InChI=1S/C21H17F3IN3O4/c1-32-13-6-4-12(5-7-13)28-18(16-3-2-8-27(16)20(30)31)26-17-14(19(28)29)9-11(25)10-15(17)21(22,23)24/h4-7,9-10,16H,2-3,8H2,1H3,(H,30,31)/t16-/m1/s1. The van der Waals surface area contributed by atoms with E-state index in [0.717, 1.165) is 11.0 Å². The number of ether oxygens (including phenoxy) is 1. The van der Waals surface area contributed by atoms with E-state index in [2.05, 4.69) is 4.98 Å². The van der Waals surface area contributed by atoms with Crippen LogP contribution in [-0.4, -0.2) is 39.3 Å². The Morgan fingerprint density at radius 1 is 1.25 bits per heavy atom. The van der Waals surface area contributed by atoms with E-state index in [1.165, 1.54) is 17.7 Å². The number of carbonyl (C=O) groups is 1. The Morgan fingerprint density at radius 2 is 1.94 bits per heavy atom. The zero-order valence-corrected chi connectivity index (χ0v) is 18.8. The summed E-state index contributed by atoms with van der Waals surface area (Å²) in [5.41, 5.74) is -1.86. The van der Waals surface area contributed by atoms with Crippen LogP contribution >= 0.6 is 22.6 Å². The SMILES string of the molecule is COc1ccc(-n2c([C@H]3CCCN3C(=O)O)nc3c(C(F)(F)F)cc(I)cc3c2=O)cc1. The lowest BCUT2D eigenvalue weighted by Crippen LogP contribution is -2.34. The van der Waals surface area contributed by atoms with E-state index < -0.39 is 35.0 Å². The second kappa shape index (κ2) is 8.26. The number of nitrogens with zero attached hydrogens (tertiary/aromatic N) is 3. The van der Waals surface area contributed by atoms with Crippen LogP contribution in [0.15, 0.2) is 41.2 Å². The Labute approximate surface area is 193 Å².